The van der Waals surface area contributed by atoms with Crippen molar-refractivity contribution in [1.29, 1.82) is 0 Å². The van der Waals surface area contributed by atoms with E-state index in [1.54, 1.807) is 17.7 Å². The Morgan fingerprint density at radius 2 is 2.22 bits per heavy atom. The first-order chi connectivity index (χ1) is 8.52. The fourth-order valence-corrected chi connectivity index (χ4v) is 6.00. The molecule has 6 heteroatoms. The van der Waals surface area contributed by atoms with Gasteiger partial charge in [-0.15, -0.1) is 0 Å². The summed E-state index contributed by atoms with van der Waals surface area (Å²) in [5.74, 6) is 0.434. The Morgan fingerprint density at radius 1 is 1.50 bits per heavy atom. The monoisotopic (exact) mass is 365 g/mol. The van der Waals surface area contributed by atoms with E-state index < -0.39 is 0 Å². The van der Waals surface area contributed by atoms with E-state index in [-0.39, 0.29) is 43.1 Å². The van der Waals surface area contributed by atoms with Gasteiger partial charge < -0.3 is 0 Å². The molecule has 1 aliphatic heterocycles. The number of aliphatic hydroxyl groups is 1. The third-order valence-corrected chi connectivity index (χ3v) is 7.92. The van der Waals surface area contributed by atoms with Crippen LogP contribution >= 0.6 is 0 Å². The molecule has 0 aromatic carbocycles. The molecule has 3 atom stereocenters. The maximum absolute atomic E-state index is 11.9. The fourth-order valence-electron chi connectivity index (χ4n) is 2.19. The molecule has 2 heterocycles. The number of nitrogens with zero attached hydrogens (tertiary/aromatic N) is 1. The van der Waals surface area contributed by atoms with Crippen LogP contribution < -0.4 is 32.5 Å². The van der Waals surface area contributed by atoms with Crippen LogP contribution in [0.1, 0.15) is 29.4 Å². The van der Waals surface area contributed by atoms with E-state index in [2.05, 4.69) is 11.9 Å². The number of nitrogens with one attached hydrogen (secondary N) is 1. The maximum atomic E-state index is 11.9. The molecule has 1 fully saturated rings. The molecule has 2 N–H and O–H groups in total. The third kappa shape index (κ3) is 2.69. The van der Waals surface area contributed by atoms with Crippen LogP contribution in [0.25, 0.3) is 0 Å². The second-order valence-corrected chi connectivity index (χ2v) is 8.57. The van der Waals surface area contributed by atoms with Crippen LogP contribution in [0.3, 0.4) is 0 Å². The first-order valence-electron chi connectivity index (χ1n) is 6.08. The predicted octanol–water partition coefficient (Wildman–Crippen LogP) is -2.78. The molecule has 2 rings (SSSR count). The van der Waals surface area contributed by atoms with Gasteiger partial charge in [0.15, 0.2) is 0 Å². The van der Waals surface area contributed by atoms with Crippen molar-refractivity contribution in [2.75, 3.05) is 6.61 Å². The molecule has 102 valence electrons. The number of aromatic nitrogens is 2. The molecule has 5 nitrogen and oxygen atoms in total. The molecule has 0 radical (unpaired) electrons. The SMILES string of the molecule is Cc1cn([C@@H]2[I-][C@H](CO)CC[C@@H]2C)c(=O)[nH]c1=O. The first-order valence-corrected chi connectivity index (χ1v) is 8.57. The molecule has 0 spiro atoms. The summed E-state index contributed by atoms with van der Waals surface area (Å²) in [7, 11) is 0. The van der Waals surface area contributed by atoms with Gasteiger partial charge in [0.25, 0.3) is 0 Å². The quantitative estimate of drug-likeness (QED) is 0.440. The Morgan fingerprint density at radius 3 is 2.89 bits per heavy atom. The first kappa shape index (κ1) is 13.8. The van der Waals surface area contributed by atoms with Crippen molar-refractivity contribution >= 4 is 0 Å². The van der Waals surface area contributed by atoms with E-state index in [0.29, 0.717) is 15.4 Å². The number of aromatic amines is 1. The summed E-state index contributed by atoms with van der Waals surface area (Å²) >= 11 is -0.285. The van der Waals surface area contributed by atoms with Gasteiger partial charge in [-0.3, -0.25) is 0 Å². The summed E-state index contributed by atoms with van der Waals surface area (Å²) in [4.78, 5) is 25.6. The van der Waals surface area contributed by atoms with Gasteiger partial charge in [-0.2, -0.15) is 0 Å². The van der Waals surface area contributed by atoms with Crippen LogP contribution in [0.2, 0.25) is 0 Å². The normalized spacial score (nSPS) is 28.7. The number of hydrogen-bond donors (Lipinski definition) is 2. The number of H-pyrrole nitrogens is 1. The van der Waals surface area contributed by atoms with Gasteiger partial charge in [-0.05, 0) is 0 Å². The van der Waals surface area contributed by atoms with Crippen molar-refractivity contribution in [1.82, 2.24) is 9.55 Å². The minimum atomic E-state index is -0.319. The zero-order valence-electron chi connectivity index (χ0n) is 10.5. The molecule has 18 heavy (non-hydrogen) atoms. The van der Waals surface area contributed by atoms with Crippen molar-refractivity contribution in [2.24, 2.45) is 5.92 Å². The molecule has 1 aromatic rings. The predicted molar refractivity (Wildman–Crippen MR) is 64.4 cm³/mol. The van der Waals surface area contributed by atoms with Gasteiger partial charge in [-0.1, -0.05) is 0 Å². The van der Waals surface area contributed by atoms with E-state index in [9.17, 15) is 14.7 Å². The summed E-state index contributed by atoms with van der Waals surface area (Å²) in [6.45, 7) is 4.07. The van der Waals surface area contributed by atoms with Crippen LogP contribution in [0.15, 0.2) is 15.8 Å². The van der Waals surface area contributed by atoms with E-state index in [0.717, 1.165) is 12.8 Å². The molecular formula is C12H18IN2O3-. The van der Waals surface area contributed by atoms with Crippen LogP contribution in [0.5, 0.6) is 0 Å². The Hall–Kier alpha value is -0.630. The van der Waals surface area contributed by atoms with E-state index in [4.69, 9.17) is 0 Å². The topological polar surface area (TPSA) is 75.1 Å². The molecule has 1 saturated heterocycles. The Kier molecular flexibility index (Phi) is 4.26. The van der Waals surface area contributed by atoms with Crippen LogP contribution in [-0.4, -0.2) is 25.2 Å². The fraction of sp³-hybridized carbons (Fsp3) is 0.667. The summed E-state index contributed by atoms with van der Waals surface area (Å²) in [5, 5.41) is 9.29. The summed E-state index contributed by atoms with van der Waals surface area (Å²) in [5.41, 5.74) is -0.0608. The zero-order valence-corrected chi connectivity index (χ0v) is 12.7. The van der Waals surface area contributed by atoms with Gasteiger partial charge in [0.2, 0.25) is 0 Å². The average molecular weight is 365 g/mol. The number of aryl methyl sites for hydroxylation is 1. The van der Waals surface area contributed by atoms with Crippen molar-refractivity contribution in [3.63, 3.8) is 0 Å². The Bertz CT molecular complexity index is 537. The van der Waals surface area contributed by atoms with Crippen LogP contribution in [0.4, 0.5) is 0 Å². The van der Waals surface area contributed by atoms with Crippen LogP contribution in [0, 0.1) is 12.8 Å². The van der Waals surface area contributed by atoms with Gasteiger partial charge >= 0.3 is 116 Å². The Balaban J connectivity index is 2.37. The molecule has 0 amide bonds. The Labute approximate surface area is 115 Å². The molecule has 0 bridgehead atoms. The second-order valence-electron chi connectivity index (χ2n) is 4.81. The van der Waals surface area contributed by atoms with Gasteiger partial charge in [0.1, 0.15) is 0 Å². The van der Waals surface area contributed by atoms with Crippen molar-refractivity contribution in [2.45, 2.75) is 34.7 Å². The second kappa shape index (κ2) is 5.56. The number of halogens is 1. The third-order valence-electron chi connectivity index (χ3n) is 3.32. The zero-order chi connectivity index (χ0) is 13.3. The molecule has 0 unspecified atom stereocenters. The van der Waals surface area contributed by atoms with Crippen molar-refractivity contribution in [3.05, 3.63) is 32.6 Å². The summed E-state index contributed by atoms with van der Waals surface area (Å²) in [6.07, 6.45) is 3.75. The standard InChI is InChI=1S/C12H18IN2O3/c1-7-3-4-9(6-16)13-10(7)15-5-8(2)11(17)14-12(15)18/h5,7,9-10,16H,3-4,6H2,1-2H3,(H,14,17,18)/q-1/t7-,9-,10-/m0/s1. The minimum absolute atomic E-state index is 0.178. The molecular weight excluding hydrogens is 347 g/mol. The summed E-state index contributed by atoms with van der Waals surface area (Å²) in [6, 6.07) is 0. The van der Waals surface area contributed by atoms with Gasteiger partial charge in [0.05, 0.1) is 0 Å². The number of aliphatic hydroxyl groups excluding tert-OH is 1. The summed E-state index contributed by atoms with van der Waals surface area (Å²) < 4.78 is 2.22. The molecule has 0 aliphatic carbocycles. The number of rotatable bonds is 2. The molecule has 1 aliphatic rings. The van der Waals surface area contributed by atoms with E-state index in [1.807, 2.05) is 0 Å². The molecule has 1 aromatic heterocycles. The van der Waals surface area contributed by atoms with Gasteiger partial charge in [0, 0.05) is 0 Å². The molecule has 0 saturated carbocycles. The number of hydrogen-bond acceptors (Lipinski definition) is 3. The van der Waals surface area contributed by atoms with Crippen molar-refractivity contribution in [3.8, 4) is 0 Å². The van der Waals surface area contributed by atoms with Crippen LogP contribution in [-0.2, 0) is 0 Å². The number of alkyl halides is 2. The van der Waals surface area contributed by atoms with E-state index in [1.165, 1.54) is 0 Å². The van der Waals surface area contributed by atoms with E-state index >= 15 is 0 Å². The van der Waals surface area contributed by atoms with Crippen molar-refractivity contribution < 1.29 is 26.3 Å². The van der Waals surface area contributed by atoms with Gasteiger partial charge in [-0.25, -0.2) is 0 Å². The average Bonchev–Trinajstić information content (AvgIpc) is 2.35.